The van der Waals surface area contributed by atoms with E-state index < -0.39 is 0 Å². The molecule has 3 heteroatoms. The molecule has 0 aromatic carbocycles. The lowest BCUT2D eigenvalue weighted by Crippen LogP contribution is -2.37. The molecule has 0 radical (unpaired) electrons. The fourth-order valence-electron chi connectivity index (χ4n) is 1.56. The van der Waals surface area contributed by atoms with Gasteiger partial charge in [-0.25, -0.2) is 0 Å². The van der Waals surface area contributed by atoms with Crippen LogP contribution in [0, 0.1) is 0 Å². The molecule has 3 nitrogen and oxygen atoms in total. The quantitative estimate of drug-likeness (QED) is 0.634. The molecule has 72 valence electrons. The Morgan fingerprint density at radius 3 is 2.50 bits per heavy atom. The van der Waals surface area contributed by atoms with Gasteiger partial charge in [-0.15, -0.1) is 0 Å². The molecule has 0 amide bonds. The molecule has 0 aromatic rings. The molecule has 1 aliphatic rings. The van der Waals surface area contributed by atoms with Crippen molar-refractivity contribution in [1.29, 1.82) is 0 Å². The van der Waals surface area contributed by atoms with Crippen molar-refractivity contribution in [1.82, 2.24) is 15.1 Å². The van der Waals surface area contributed by atoms with Crippen LogP contribution in [0.4, 0.5) is 0 Å². The number of rotatable bonds is 4. The molecule has 12 heavy (non-hydrogen) atoms. The Hall–Kier alpha value is -0.120. The van der Waals surface area contributed by atoms with Crippen molar-refractivity contribution in [2.75, 3.05) is 47.3 Å². The molecule has 1 heterocycles. The highest BCUT2D eigenvalue weighted by atomic mass is 15.2. The van der Waals surface area contributed by atoms with Crippen LogP contribution in [-0.2, 0) is 0 Å². The van der Waals surface area contributed by atoms with E-state index in [-0.39, 0.29) is 0 Å². The highest BCUT2D eigenvalue weighted by Gasteiger charge is 2.18. The molecule has 0 aromatic heterocycles. The van der Waals surface area contributed by atoms with Crippen LogP contribution in [0.2, 0.25) is 0 Å². The Labute approximate surface area is 75.7 Å². The van der Waals surface area contributed by atoms with Crippen molar-refractivity contribution in [3.8, 4) is 0 Å². The van der Waals surface area contributed by atoms with Crippen LogP contribution in [0.5, 0.6) is 0 Å². The molecule has 1 fully saturated rings. The zero-order valence-corrected chi connectivity index (χ0v) is 8.51. The van der Waals surface area contributed by atoms with Crippen molar-refractivity contribution in [3.05, 3.63) is 0 Å². The van der Waals surface area contributed by atoms with Gasteiger partial charge in [0.2, 0.25) is 0 Å². The highest BCUT2D eigenvalue weighted by molar-refractivity contribution is 4.78. The monoisotopic (exact) mass is 171 g/mol. The summed E-state index contributed by atoms with van der Waals surface area (Å²) in [7, 11) is 6.47. The molecule has 1 rings (SSSR count). The van der Waals surface area contributed by atoms with E-state index in [4.69, 9.17) is 0 Å². The van der Waals surface area contributed by atoms with Crippen molar-refractivity contribution in [2.24, 2.45) is 0 Å². The lowest BCUT2D eigenvalue weighted by molar-refractivity contribution is 0.228. The van der Waals surface area contributed by atoms with E-state index in [1.54, 1.807) is 0 Å². The first-order valence-electron chi connectivity index (χ1n) is 4.76. The second-order valence-electron chi connectivity index (χ2n) is 3.93. The van der Waals surface area contributed by atoms with E-state index in [1.165, 1.54) is 26.1 Å². The molecule has 0 aliphatic carbocycles. The molecule has 1 atom stereocenters. The molecule has 1 unspecified atom stereocenters. The largest absolute Gasteiger partial charge is 0.315 e. The number of nitrogens with zero attached hydrogens (tertiary/aromatic N) is 2. The van der Waals surface area contributed by atoms with Gasteiger partial charge in [-0.3, -0.25) is 0 Å². The summed E-state index contributed by atoms with van der Waals surface area (Å²) in [5.41, 5.74) is 0. The molecular formula is C9H21N3. The summed E-state index contributed by atoms with van der Waals surface area (Å²) >= 11 is 0. The average Bonchev–Trinajstić information content (AvgIpc) is 2.51. The maximum absolute atomic E-state index is 3.39. The van der Waals surface area contributed by atoms with Gasteiger partial charge in [0.15, 0.2) is 0 Å². The Kier molecular flexibility index (Phi) is 3.98. The van der Waals surface area contributed by atoms with Crippen molar-refractivity contribution in [2.45, 2.75) is 12.5 Å². The lowest BCUT2D eigenvalue weighted by atomic mass is 10.2. The summed E-state index contributed by atoms with van der Waals surface area (Å²) in [5.74, 6) is 0. The Morgan fingerprint density at radius 2 is 2.00 bits per heavy atom. The van der Waals surface area contributed by atoms with Gasteiger partial charge in [0.25, 0.3) is 0 Å². The van der Waals surface area contributed by atoms with Crippen LogP contribution in [0.3, 0.4) is 0 Å². The SMILES string of the molecule is CN(C)CCN(C)C1CCNC1. The third kappa shape index (κ3) is 3.09. The van der Waals surface area contributed by atoms with E-state index in [2.05, 4.69) is 36.3 Å². The molecule has 0 spiro atoms. The molecule has 1 N–H and O–H groups in total. The molecule has 0 bridgehead atoms. The highest BCUT2D eigenvalue weighted by Crippen LogP contribution is 2.04. The fourth-order valence-corrected chi connectivity index (χ4v) is 1.56. The second kappa shape index (κ2) is 4.80. The van der Waals surface area contributed by atoms with Crippen LogP contribution in [0.15, 0.2) is 0 Å². The lowest BCUT2D eigenvalue weighted by Gasteiger charge is -2.24. The van der Waals surface area contributed by atoms with Crippen LogP contribution in [0.1, 0.15) is 6.42 Å². The first kappa shape index (κ1) is 9.96. The summed E-state index contributed by atoms with van der Waals surface area (Å²) in [6.45, 7) is 4.70. The van der Waals surface area contributed by atoms with E-state index in [0.717, 1.165) is 12.6 Å². The molecular weight excluding hydrogens is 150 g/mol. The van der Waals surface area contributed by atoms with Crippen LogP contribution < -0.4 is 5.32 Å². The molecule has 1 saturated heterocycles. The van der Waals surface area contributed by atoms with E-state index in [9.17, 15) is 0 Å². The summed E-state index contributed by atoms with van der Waals surface area (Å²) in [4.78, 5) is 4.69. The minimum atomic E-state index is 0.768. The Balaban J connectivity index is 2.13. The Bertz CT molecular complexity index is 119. The van der Waals surface area contributed by atoms with Crippen LogP contribution >= 0.6 is 0 Å². The average molecular weight is 171 g/mol. The number of likely N-dealkylation sites (N-methyl/N-ethyl adjacent to an activating group) is 2. The number of hydrogen-bond acceptors (Lipinski definition) is 3. The second-order valence-corrected chi connectivity index (χ2v) is 3.93. The van der Waals surface area contributed by atoms with Gasteiger partial charge in [-0.05, 0) is 34.1 Å². The predicted molar refractivity (Wildman–Crippen MR) is 52.5 cm³/mol. The topological polar surface area (TPSA) is 18.5 Å². The van der Waals surface area contributed by atoms with Gasteiger partial charge < -0.3 is 15.1 Å². The molecule has 0 saturated carbocycles. The maximum Gasteiger partial charge on any atom is 0.0230 e. The van der Waals surface area contributed by atoms with E-state index in [0.29, 0.717) is 0 Å². The summed E-state index contributed by atoms with van der Waals surface area (Å²) in [6, 6.07) is 0.768. The number of nitrogens with one attached hydrogen (secondary N) is 1. The van der Waals surface area contributed by atoms with Crippen molar-refractivity contribution >= 4 is 0 Å². The van der Waals surface area contributed by atoms with Crippen molar-refractivity contribution < 1.29 is 0 Å². The third-order valence-electron chi connectivity index (χ3n) is 2.56. The maximum atomic E-state index is 3.39. The van der Waals surface area contributed by atoms with Crippen LogP contribution in [-0.4, -0.2) is 63.2 Å². The smallest absolute Gasteiger partial charge is 0.0230 e. The van der Waals surface area contributed by atoms with Crippen LogP contribution in [0.25, 0.3) is 0 Å². The van der Waals surface area contributed by atoms with E-state index >= 15 is 0 Å². The van der Waals surface area contributed by atoms with Gasteiger partial charge in [0.1, 0.15) is 0 Å². The normalized spacial score (nSPS) is 24.2. The summed E-state index contributed by atoms with van der Waals surface area (Å²) < 4.78 is 0. The zero-order chi connectivity index (χ0) is 8.97. The van der Waals surface area contributed by atoms with Gasteiger partial charge in [0.05, 0.1) is 0 Å². The van der Waals surface area contributed by atoms with Gasteiger partial charge >= 0.3 is 0 Å². The zero-order valence-electron chi connectivity index (χ0n) is 8.51. The van der Waals surface area contributed by atoms with Gasteiger partial charge in [0, 0.05) is 25.7 Å². The van der Waals surface area contributed by atoms with Gasteiger partial charge in [-0.1, -0.05) is 0 Å². The first-order valence-corrected chi connectivity index (χ1v) is 4.76. The fraction of sp³-hybridized carbons (Fsp3) is 1.00. The summed E-state index contributed by atoms with van der Waals surface area (Å²) in [6.07, 6.45) is 1.31. The third-order valence-corrected chi connectivity index (χ3v) is 2.56. The summed E-state index contributed by atoms with van der Waals surface area (Å²) in [5, 5.41) is 3.39. The van der Waals surface area contributed by atoms with Crippen molar-refractivity contribution in [3.63, 3.8) is 0 Å². The van der Waals surface area contributed by atoms with E-state index in [1.807, 2.05) is 0 Å². The Morgan fingerprint density at radius 1 is 1.25 bits per heavy atom. The van der Waals surface area contributed by atoms with Gasteiger partial charge in [-0.2, -0.15) is 0 Å². The minimum absolute atomic E-state index is 0.768. The molecule has 1 aliphatic heterocycles. The first-order chi connectivity index (χ1) is 5.70. The standard InChI is InChI=1S/C9H21N3/c1-11(2)6-7-12(3)9-4-5-10-8-9/h9-10H,4-8H2,1-3H3. The predicted octanol–water partition coefficient (Wildman–Crippen LogP) is -0.158. The minimum Gasteiger partial charge on any atom is -0.315 e. The number of hydrogen-bond donors (Lipinski definition) is 1.